The summed E-state index contributed by atoms with van der Waals surface area (Å²) in [6.45, 7) is 5.00. The summed E-state index contributed by atoms with van der Waals surface area (Å²) in [5.74, 6) is 0.0545. The third-order valence-electron chi connectivity index (χ3n) is 2.92. The summed E-state index contributed by atoms with van der Waals surface area (Å²) in [6.07, 6.45) is 1.73. The van der Waals surface area contributed by atoms with Gasteiger partial charge in [0.15, 0.2) is 0 Å². The SMILES string of the molecule is CCCC1(O)CN(C(=O)c2ccc(C)s2)C1. The first-order chi connectivity index (χ1) is 7.54. The van der Waals surface area contributed by atoms with E-state index in [0.717, 1.165) is 22.6 Å². The molecule has 1 amide bonds. The van der Waals surface area contributed by atoms with Crippen LogP contribution in [0.2, 0.25) is 0 Å². The minimum absolute atomic E-state index is 0.0545. The molecule has 1 N–H and O–H groups in total. The topological polar surface area (TPSA) is 40.5 Å². The zero-order valence-electron chi connectivity index (χ0n) is 9.69. The zero-order valence-corrected chi connectivity index (χ0v) is 10.5. The Morgan fingerprint density at radius 2 is 2.25 bits per heavy atom. The second-order valence-electron chi connectivity index (χ2n) is 4.55. The Bertz CT molecular complexity index is 393. The zero-order chi connectivity index (χ0) is 11.8. The van der Waals surface area contributed by atoms with Crippen molar-refractivity contribution in [3.63, 3.8) is 0 Å². The van der Waals surface area contributed by atoms with Crippen molar-refractivity contribution in [2.24, 2.45) is 0 Å². The van der Waals surface area contributed by atoms with Crippen LogP contribution in [0, 0.1) is 6.92 Å². The number of rotatable bonds is 3. The second kappa shape index (κ2) is 4.18. The lowest BCUT2D eigenvalue weighted by atomic mass is 9.89. The Morgan fingerprint density at radius 3 is 2.75 bits per heavy atom. The number of aliphatic hydroxyl groups is 1. The standard InChI is InChI=1S/C12H17NO2S/c1-3-6-12(15)7-13(8-12)11(14)10-5-4-9(2)16-10/h4-5,15H,3,6-8H2,1-2H3. The number of thiophene rings is 1. The van der Waals surface area contributed by atoms with Crippen LogP contribution in [-0.4, -0.2) is 34.6 Å². The fraction of sp³-hybridized carbons (Fsp3) is 0.583. The van der Waals surface area contributed by atoms with Crippen LogP contribution in [0.15, 0.2) is 12.1 Å². The molecule has 0 spiro atoms. The van der Waals surface area contributed by atoms with Gasteiger partial charge in [-0.25, -0.2) is 0 Å². The maximum Gasteiger partial charge on any atom is 0.264 e. The van der Waals surface area contributed by atoms with Crippen molar-refractivity contribution in [3.05, 3.63) is 21.9 Å². The van der Waals surface area contributed by atoms with Gasteiger partial charge >= 0.3 is 0 Å². The Balaban J connectivity index is 1.95. The second-order valence-corrected chi connectivity index (χ2v) is 5.83. The maximum absolute atomic E-state index is 12.0. The van der Waals surface area contributed by atoms with E-state index in [0.29, 0.717) is 13.1 Å². The van der Waals surface area contributed by atoms with Gasteiger partial charge in [-0.1, -0.05) is 13.3 Å². The van der Waals surface area contributed by atoms with E-state index in [9.17, 15) is 9.90 Å². The van der Waals surface area contributed by atoms with Crippen LogP contribution < -0.4 is 0 Å². The number of carbonyl (C=O) groups is 1. The summed E-state index contributed by atoms with van der Waals surface area (Å²) in [5.41, 5.74) is -0.628. The molecule has 2 rings (SSSR count). The van der Waals surface area contributed by atoms with E-state index in [-0.39, 0.29) is 5.91 Å². The monoisotopic (exact) mass is 239 g/mol. The number of nitrogens with zero attached hydrogens (tertiary/aromatic N) is 1. The summed E-state index contributed by atoms with van der Waals surface area (Å²) in [7, 11) is 0. The summed E-state index contributed by atoms with van der Waals surface area (Å²) >= 11 is 1.51. The van der Waals surface area contributed by atoms with Crippen molar-refractivity contribution in [1.82, 2.24) is 4.90 Å². The summed E-state index contributed by atoms with van der Waals surface area (Å²) in [5, 5.41) is 9.99. The molecule has 1 aromatic rings. The van der Waals surface area contributed by atoms with Crippen molar-refractivity contribution in [1.29, 1.82) is 0 Å². The Kier molecular flexibility index (Phi) is 3.04. The van der Waals surface area contributed by atoms with Crippen LogP contribution in [0.1, 0.15) is 34.3 Å². The van der Waals surface area contributed by atoms with Gasteiger partial charge in [0.2, 0.25) is 0 Å². The predicted octanol–water partition coefficient (Wildman–Crippen LogP) is 2.04. The molecule has 1 saturated heterocycles. The average Bonchev–Trinajstić information content (AvgIpc) is 2.60. The van der Waals surface area contributed by atoms with Crippen LogP contribution in [0.25, 0.3) is 0 Å². The molecule has 88 valence electrons. The van der Waals surface area contributed by atoms with Crippen molar-refractivity contribution in [3.8, 4) is 0 Å². The van der Waals surface area contributed by atoms with Gasteiger partial charge in [0, 0.05) is 4.88 Å². The lowest BCUT2D eigenvalue weighted by molar-refractivity contribution is -0.0858. The molecule has 1 fully saturated rings. The summed E-state index contributed by atoms with van der Waals surface area (Å²) in [4.78, 5) is 15.6. The molecule has 2 heterocycles. The predicted molar refractivity (Wildman–Crippen MR) is 64.8 cm³/mol. The molecule has 0 aromatic carbocycles. The average molecular weight is 239 g/mol. The van der Waals surface area contributed by atoms with E-state index in [1.165, 1.54) is 11.3 Å². The van der Waals surface area contributed by atoms with Crippen molar-refractivity contribution >= 4 is 17.2 Å². The van der Waals surface area contributed by atoms with E-state index in [1.54, 1.807) is 4.90 Å². The molecule has 1 aliphatic heterocycles. The van der Waals surface area contributed by atoms with E-state index < -0.39 is 5.60 Å². The molecule has 0 saturated carbocycles. The number of likely N-dealkylation sites (tertiary alicyclic amines) is 1. The van der Waals surface area contributed by atoms with Crippen LogP contribution in [-0.2, 0) is 0 Å². The molecule has 1 aromatic heterocycles. The number of β-amino-alcohol motifs (C(OH)–C–C–N with tert-alkyl or cyclic N) is 1. The highest BCUT2D eigenvalue weighted by Crippen LogP contribution is 2.28. The van der Waals surface area contributed by atoms with Gasteiger partial charge in [-0.3, -0.25) is 4.79 Å². The van der Waals surface area contributed by atoms with E-state index in [1.807, 2.05) is 26.0 Å². The number of aryl methyl sites for hydroxylation is 1. The van der Waals surface area contributed by atoms with E-state index in [2.05, 4.69) is 0 Å². The molecular weight excluding hydrogens is 222 g/mol. The number of amides is 1. The quantitative estimate of drug-likeness (QED) is 0.877. The first-order valence-corrected chi connectivity index (χ1v) is 6.44. The maximum atomic E-state index is 12.0. The minimum Gasteiger partial charge on any atom is -0.386 e. The largest absolute Gasteiger partial charge is 0.386 e. The molecule has 16 heavy (non-hydrogen) atoms. The van der Waals surface area contributed by atoms with Crippen LogP contribution in [0.5, 0.6) is 0 Å². The van der Waals surface area contributed by atoms with Crippen molar-refractivity contribution in [2.45, 2.75) is 32.3 Å². The highest BCUT2D eigenvalue weighted by atomic mass is 32.1. The van der Waals surface area contributed by atoms with Crippen molar-refractivity contribution in [2.75, 3.05) is 13.1 Å². The van der Waals surface area contributed by atoms with Crippen LogP contribution in [0.4, 0.5) is 0 Å². The van der Waals surface area contributed by atoms with Gasteiger partial charge in [-0.05, 0) is 25.5 Å². The Labute approximate surface area is 99.7 Å². The van der Waals surface area contributed by atoms with E-state index >= 15 is 0 Å². The summed E-state index contributed by atoms with van der Waals surface area (Å²) < 4.78 is 0. The molecule has 4 heteroatoms. The number of hydrogen-bond donors (Lipinski definition) is 1. The van der Waals surface area contributed by atoms with Gasteiger partial charge in [-0.2, -0.15) is 0 Å². The van der Waals surface area contributed by atoms with Gasteiger partial charge in [0.1, 0.15) is 0 Å². The fourth-order valence-corrected chi connectivity index (χ4v) is 2.97. The molecule has 0 aliphatic carbocycles. The van der Waals surface area contributed by atoms with Gasteiger partial charge in [0.05, 0.1) is 23.6 Å². The lowest BCUT2D eigenvalue weighted by Gasteiger charge is -2.46. The molecule has 1 aliphatic rings. The number of hydrogen-bond acceptors (Lipinski definition) is 3. The molecule has 0 radical (unpaired) electrons. The first-order valence-electron chi connectivity index (χ1n) is 5.62. The van der Waals surface area contributed by atoms with Gasteiger partial charge < -0.3 is 10.0 Å². The molecule has 3 nitrogen and oxygen atoms in total. The fourth-order valence-electron chi connectivity index (χ4n) is 2.14. The third kappa shape index (κ3) is 2.13. The van der Waals surface area contributed by atoms with Crippen LogP contribution in [0.3, 0.4) is 0 Å². The highest BCUT2D eigenvalue weighted by molar-refractivity contribution is 7.13. The van der Waals surface area contributed by atoms with E-state index in [4.69, 9.17) is 0 Å². The Morgan fingerprint density at radius 1 is 1.56 bits per heavy atom. The van der Waals surface area contributed by atoms with Crippen molar-refractivity contribution < 1.29 is 9.90 Å². The number of carbonyl (C=O) groups excluding carboxylic acids is 1. The molecule has 0 unspecified atom stereocenters. The van der Waals surface area contributed by atoms with Crippen LogP contribution >= 0.6 is 11.3 Å². The first kappa shape index (κ1) is 11.6. The Hall–Kier alpha value is -0.870. The van der Waals surface area contributed by atoms with Gasteiger partial charge in [0.25, 0.3) is 5.91 Å². The van der Waals surface area contributed by atoms with Gasteiger partial charge in [-0.15, -0.1) is 11.3 Å². The highest BCUT2D eigenvalue weighted by Gasteiger charge is 2.43. The lowest BCUT2D eigenvalue weighted by Crippen LogP contribution is -2.63. The molecule has 0 bridgehead atoms. The normalized spacial score (nSPS) is 18.3. The molecular formula is C12H17NO2S. The summed E-state index contributed by atoms with van der Waals surface area (Å²) in [6, 6.07) is 3.81. The third-order valence-corrected chi connectivity index (χ3v) is 3.91. The smallest absolute Gasteiger partial charge is 0.264 e. The molecule has 0 atom stereocenters. The minimum atomic E-state index is -0.628.